The van der Waals surface area contributed by atoms with Crippen molar-refractivity contribution in [2.75, 3.05) is 13.1 Å². The molecule has 1 unspecified atom stereocenters. The summed E-state index contributed by atoms with van der Waals surface area (Å²) in [4.78, 5) is 12.5. The summed E-state index contributed by atoms with van der Waals surface area (Å²) in [6, 6.07) is 11.5. The van der Waals surface area contributed by atoms with Gasteiger partial charge in [-0.3, -0.25) is 4.79 Å². The highest BCUT2D eigenvalue weighted by molar-refractivity contribution is 5.82. The average molecular weight is 351 g/mol. The van der Waals surface area contributed by atoms with Crippen molar-refractivity contribution in [1.29, 1.82) is 0 Å². The molecule has 1 aliphatic rings. The molecule has 0 aliphatic carbocycles. The molecular weight excluding hydrogens is 335 g/mol. The number of phenolic OH excluding ortho intramolecular Hbond substituents is 2. The fourth-order valence-corrected chi connectivity index (χ4v) is 3.18. The zero-order valence-corrected chi connectivity index (χ0v) is 13.1. The monoisotopic (exact) mass is 351 g/mol. The van der Waals surface area contributed by atoms with Gasteiger partial charge in [0.2, 0.25) is 0 Å². The molecule has 7 heteroatoms. The highest BCUT2D eigenvalue weighted by Crippen LogP contribution is 2.38. The van der Waals surface area contributed by atoms with Gasteiger partial charge in [0, 0.05) is 19.0 Å². The molecule has 0 spiro atoms. The third kappa shape index (κ3) is 3.40. The normalized spacial score (nSPS) is 17.7. The number of fused-ring (bicyclic) bond motifs is 1. The molecule has 1 atom stereocenters. The lowest BCUT2D eigenvalue weighted by Crippen LogP contribution is -2.43. The highest BCUT2D eigenvalue weighted by atomic mass is 19.4. The van der Waals surface area contributed by atoms with Gasteiger partial charge in [-0.25, -0.2) is 0 Å². The Hall–Kier alpha value is -2.70. The standard InChI is InChI=1S/C18H16F3NO3/c19-18(20,21)17(25)22-7-6-12-8-15(23)16(24)9-13(12)14(10-22)11-4-2-1-3-5-11/h1-5,8-9,14,23-24H,6-7,10H2. The minimum Gasteiger partial charge on any atom is -0.504 e. The maximum Gasteiger partial charge on any atom is 0.471 e. The summed E-state index contributed by atoms with van der Waals surface area (Å²) < 4.78 is 38.6. The molecular formula is C18H16F3NO3. The van der Waals surface area contributed by atoms with Gasteiger partial charge < -0.3 is 15.1 Å². The second-order valence-corrected chi connectivity index (χ2v) is 6.00. The number of hydrogen-bond donors (Lipinski definition) is 2. The van der Waals surface area contributed by atoms with Crippen LogP contribution in [0.4, 0.5) is 13.2 Å². The lowest BCUT2D eigenvalue weighted by molar-refractivity contribution is -0.185. The number of carbonyl (C=O) groups is 1. The van der Waals surface area contributed by atoms with Crippen LogP contribution in [0.5, 0.6) is 11.5 Å². The van der Waals surface area contributed by atoms with E-state index < -0.39 is 18.0 Å². The summed E-state index contributed by atoms with van der Waals surface area (Å²) >= 11 is 0. The molecule has 25 heavy (non-hydrogen) atoms. The maximum atomic E-state index is 12.9. The molecule has 3 rings (SSSR count). The van der Waals surface area contributed by atoms with E-state index in [2.05, 4.69) is 0 Å². The van der Waals surface area contributed by atoms with Gasteiger partial charge in [-0.15, -0.1) is 0 Å². The fourth-order valence-electron chi connectivity index (χ4n) is 3.18. The summed E-state index contributed by atoms with van der Waals surface area (Å²) in [7, 11) is 0. The molecule has 2 aromatic carbocycles. The Morgan fingerprint density at radius 2 is 1.72 bits per heavy atom. The number of nitrogens with zero attached hydrogens (tertiary/aromatic N) is 1. The minimum atomic E-state index is -4.94. The number of benzene rings is 2. The number of amides is 1. The first-order chi connectivity index (χ1) is 11.8. The van der Waals surface area contributed by atoms with Crippen molar-refractivity contribution in [1.82, 2.24) is 4.90 Å². The van der Waals surface area contributed by atoms with E-state index in [4.69, 9.17) is 0 Å². The molecule has 0 bridgehead atoms. The molecule has 1 heterocycles. The quantitative estimate of drug-likeness (QED) is 0.776. The van der Waals surface area contributed by atoms with Gasteiger partial charge >= 0.3 is 12.1 Å². The third-order valence-corrected chi connectivity index (χ3v) is 4.40. The summed E-state index contributed by atoms with van der Waals surface area (Å²) in [5.74, 6) is -3.08. The minimum absolute atomic E-state index is 0.112. The third-order valence-electron chi connectivity index (χ3n) is 4.40. The SMILES string of the molecule is O=C(N1CCc2cc(O)c(O)cc2C(c2ccccc2)C1)C(F)(F)F. The Labute approximate surface area is 142 Å². The van der Waals surface area contributed by atoms with Crippen LogP contribution < -0.4 is 0 Å². The first-order valence-corrected chi connectivity index (χ1v) is 7.73. The zero-order valence-electron chi connectivity index (χ0n) is 13.1. The van der Waals surface area contributed by atoms with Gasteiger partial charge in [0.15, 0.2) is 11.5 Å². The predicted molar refractivity (Wildman–Crippen MR) is 84.4 cm³/mol. The van der Waals surface area contributed by atoms with Crippen molar-refractivity contribution in [3.8, 4) is 11.5 Å². The number of aromatic hydroxyl groups is 2. The summed E-state index contributed by atoms with van der Waals surface area (Å²) in [6.07, 6.45) is -4.78. The van der Waals surface area contributed by atoms with Crippen LogP contribution in [0.25, 0.3) is 0 Å². The molecule has 2 aromatic rings. The van der Waals surface area contributed by atoms with E-state index in [-0.39, 0.29) is 31.0 Å². The van der Waals surface area contributed by atoms with Crippen LogP contribution >= 0.6 is 0 Å². The van der Waals surface area contributed by atoms with Gasteiger partial charge in [-0.2, -0.15) is 13.2 Å². The van der Waals surface area contributed by atoms with Crippen molar-refractivity contribution >= 4 is 5.91 Å². The first kappa shape index (κ1) is 17.1. The number of phenols is 2. The summed E-state index contributed by atoms with van der Waals surface area (Å²) in [5.41, 5.74) is 1.95. The molecule has 0 aromatic heterocycles. The molecule has 1 amide bonds. The van der Waals surface area contributed by atoms with Crippen LogP contribution in [0.1, 0.15) is 22.6 Å². The van der Waals surface area contributed by atoms with Crippen molar-refractivity contribution < 1.29 is 28.2 Å². The van der Waals surface area contributed by atoms with Crippen LogP contribution in [0.3, 0.4) is 0 Å². The van der Waals surface area contributed by atoms with Crippen molar-refractivity contribution in [3.05, 3.63) is 59.2 Å². The molecule has 1 aliphatic heterocycles. The summed E-state index contributed by atoms with van der Waals surface area (Å²) in [6.45, 7) is -0.265. The first-order valence-electron chi connectivity index (χ1n) is 7.73. The van der Waals surface area contributed by atoms with Crippen LogP contribution in [0.15, 0.2) is 42.5 Å². The second-order valence-electron chi connectivity index (χ2n) is 6.00. The Kier molecular flexibility index (Phi) is 4.32. The lowest BCUT2D eigenvalue weighted by Gasteiger charge is -2.26. The Bertz CT molecular complexity index is 790. The van der Waals surface area contributed by atoms with Crippen LogP contribution in [0, 0.1) is 0 Å². The predicted octanol–water partition coefficient (Wildman–Crippen LogP) is 3.18. The number of halogens is 3. The number of hydrogen-bond acceptors (Lipinski definition) is 3. The van der Waals surface area contributed by atoms with Crippen molar-refractivity contribution in [2.24, 2.45) is 0 Å². The van der Waals surface area contributed by atoms with E-state index >= 15 is 0 Å². The van der Waals surface area contributed by atoms with Crippen LogP contribution in [0.2, 0.25) is 0 Å². The zero-order chi connectivity index (χ0) is 18.2. The van der Waals surface area contributed by atoms with Gasteiger partial charge in [0.1, 0.15) is 0 Å². The summed E-state index contributed by atoms with van der Waals surface area (Å²) in [5, 5.41) is 19.5. The largest absolute Gasteiger partial charge is 0.504 e. The molecule has 4 nitrogen and oxygen atoms in total. The van der Waals surface area contributed by atoms with E-state index in [1.54, 1.807) is 30.3 Å². The smallest absolute Gasteiger partial charge is 0.471 e. The van der Waals surface area contributed by atoms with Crippen molar-refractivity contribution in [2.45, 2.75) is 18.5 Å². The average Bonchev–Trinajstić information content (AvgIpc) is 2.74. The van der Waals surface area contributed by atoms with E-state index in [1.165, 1.54) is 12.1 Å². The van der Waals surface area contributed by atoms with E-state index in [1.807, 2.05) is 0 Å². The van der Waals surface area contributed by atoms with Gasteiger partial charge in [-0.05, 0) is 35.2 Å². The fraction of sp³-hybridized carbons (Fsp3) is 0.278. The number of alkyl halides is 3. The van der Waals surface area contributed by atoms with Crippen LogP contribution in [-0.2, 0) is 11.2 Å². The van der Waals surface area contributed by atoms with E-state index in [9.17, 15) is 28.2 Å². The topological polar surface area (TPSA) is 60.8 Å². The van der Waals surface area contributed by atoms with E-state index in [0.717, 1.165) is 10.5 Å². The number of carbonyl (C=O) groups excluding carboxylic acids is 1. The Morgan fingerprint density at radius 1 is 1.08 bits per heavy atom. The van der Waals surface area contributed by atoms with Crippen LogP contribution in [-0.4, -0.2) is 40.3 Å². The highest BCUT2D eigenvalue weighted by Gasteiger charge is 2.43. The number of rotatable bonds is 1. The molecule has 132 valence electrons. The van der Waals surface area contributed by atoms with Gasteiger partial charge in [0.05, 0.1) is 0 Å². The molecule has 0 radical (unpaired) electrons. The Balaban J connectivity index is 2.07. The lowest BCUT2D eigenvalue weighted by atomic mass is 9.87. The second kappa shape index (κ2) is 6.31. The molecule has 0 fully saturated rings. The molecule has 0 saturated heterocycles. The van der Waals surface area contributed by atoms with Crippen molar-refractivity contribution in [3.63, 3.8) is 0 Å². The molecule has 2 N–H and O–H groups in total. The Morgan fingerprint density at radius 3 is 2.36 bits per heavy atom. The maximum absolute atomic E-state index is 12.9. The van der Waals surface area contributed by atoms with E-state index in [0.29, 0.717) is 11.1 Å². The van der Waals surface area contributed by atoms with Gasteiger partial charge in [-0.1, -0.05) is 30.3 Å². The molecule has 0 saturated carbocycles. The van der Waals surface area contributed by atoms with Gasteiger partial charge in [0.25, 0.3) is 0 Å².